The molecule has 12 heteroatoms. The molecule has 3 N–H and O–H groups in total. The van der Waals surface area contributed by atoms with Crippen LogP contribution in [0.15, 0.2) is 60.8 Å². The molecule has 0 aliphatic heterocycles. The van der Waals surface area contributed by atoms with Crippen molar-refractivity contribution in [3.8, 4) is 0 Å². The number of carbonyl (C=O) groups is 2. The highest BCUT2D eigenvalue weighted by Crippen LogP contribution is 2.41. The fourth-order valence-electron chi connectivity index (χ4n) is 4.54. The molecule has 0 unspecified atom stereocenters. The molecule has 4 rings (SSSR count). The third-order valence-electron chi connectivity index (χ3n) is 6.43. The number of alkyl halides is 3. The van der Waals surface area contributed by atoms with Gasteiger partial charge in [-0.1, -0.05) is 24.3 Å². The fourth-order valence-corrected chi connectivity index (χ4v) is 4.54. The minimum atomic E-state index is -2.80. The maximum absolute atomic E-state index is 14.0. The molecule has 2 aromatic heterocycles. The Morgan fingerprint density at radius 3 is 2.51 bits per heavy atom. The summed E-state index contributed by atoms with van der Waals surface area (Å²) in [4.78, 5) is 29.2. The number of benzene rings is 1. The first-order valence-electron chi connectivity index (χ1n) is 12.9. The van der Waals surface area contributed by atoms with Crippen LogP contribution in [0.4, 0.5) is 22.0 Å². The number of rotatable bonds is 13. The molecule has 1 aliphatic rings. The van der Waals surface area contributed by atoms with E-state index in [0.717, 1.165) is 25.0 Å². The molecule has 2 heterocycles. The molecule has 0 radical (unpaired) electrons. The highest BCUT2D eigenvalue weighted by Gasteiger charge is 2.31. The molecule has 2 amide bonds. The van der Waals surface area contributed by atoms with Crippen LogP contribution in [0, 0.1) is 11.6 Å². The van der Waals surface area contributed by atoms with Crippen molar-refractivity contribution < 1.29 is 31.5 Å². The highest BCUT2D eigenvalue weighted by molar-refractivity contribution is 5.82. The molecule has 0 spiro atoms. The Balaban J connectivity index is 1.71. The van der Waals surface area contributed by atoms with Crippen LogP contribution in [0.1, 0.15) is 65.9 Å². The van der Waals surface area contributed by atoms with Crippen LogP contribution >= 0.6 is 0 Å². The smallest absolute Gasteiger partial charge is 0.282 e. The average Bonchev–Trinajstić information content (AvgIpc) is 3.67. The van der Waals surface area contributed by atoms with Gasteiger partial charge < -0.3 is 11.1 Å². The second-order valence-electron chi connectivity index (χ2n) is 9.65. The first-order valence-corrected chi connectivity index (χ1v) is 12.9. The van der Waals surface area contributed by atoms with Gasteiger partial charge in [-0.3, -0.25) is 19.3 Å². The van der Waals surface area contributed by atoms with Crippen molar-refractivity contribution in [2.45, 2.75) is 50.6 Å². The van der Waals surface area contributed by atoms with Gasteiger partial charge in [0, 0.05) is 35.9 Å². The molecule has 1 aromatic carbocycles. The summed E-state index contributed by atoms with van der Waals surface area (Å²) in [6.07, 6.45) is 4.11. The van der Waals surface area contributed by atoms with Gasteiger partial charge in [0.15, 0.2) is 0 Å². The maximum atomic E-state index is 14.0. The Bertz CT molecular complexity index is 1450. The number of nitrogens with two attached hydrogens (primary N) is 1. The van der Waals surface area contributed by atoms with Crippen LogP contribution in [-0.4, -0.2) is 33.3 Å². The van der Waals surface area contributed by atoms with E-state index in [1.807, 2.05) is 0 Å². The molecule has 1 fully saturated rings. The van der Waals surface area contributed by atoms with Gasteiger partial charge >= 0.3 is 0 Å². The average molecular weight is 574 g/mol. The summed E-state index contributed by atoms with van der Waals surface area (Å²) >= 11 is 0. The van der Waals surface area contributed by atoms with Gasteiger partial charge in [-0.15, -0.1) is 0 Å². The standard InChI is InChI=1S/C29H28F5N5O2/c30-9-1-3-18(7-8-26(35)40)22-4-2-10-36-28(22)23(13-17-11-20(31)14-21(32)12-17)37-27(41)16-39-25(19-5-6-19)15-24(38-39)29(33)34/h1-4,7,10-12,14-15,19,23,29H,5-6,8-9,13,16H2,(H2,35,40)(H,37,41)/b3-1-,18-7+/t23-/m0/s1. The lowest BCUT2D eigenvalue weighted by Crippen LogP contribution is -2.34. The molecular weight excluding hydrogens is 545 g/mol. The third-order valence-corrected chi connectivity index (χ3v) is 6.43. The van der Waals surface area contributed by atoms with E-state index < -0.39 is 48.3 Å². The summed E-state index contributed by atoms with van der Waals surface area (Å²) in [6, 6.07) is 6.51. The Morgan fingerprint density at radius 2 is 1.88 bits per heavy atom. The number of nitrogens with one attached hydrogen (secondary N) is 1. The van der Waals surface area contributed by atoms with Crippen molar-refractivity contribution in [1.29, 1.82) is 0 Å². The first-order chi connectivity index (χ1) is 19.6. The molecule has 1 aliphatic carbocycles. The minimum Gasteiger partial charge on any atom is -0.369 e. The largest absolute Gasteiger partial charge is 0.369 e. The molecule has 0 saturated heterocycles. The first kappa shape index (κ1) is 29.6. The summed E-state index contributed by atoms with van der Waals surface area (Å²) in [5.74, 6) is -2.82. The number of nitrogens with zero attached hydrogens (tertiary/aromatic N) is 3. The summed E-state index contributed by atoms with van der Waals surface area (Å²) in [5, 5.41) is 6.71. The molecule has 1 saturated carbocycles. The number of carbonyl (C=O) groups excluding carboxylic acids is 2. The van der Waals surface area contributed by atoms with E-state index >= 15 is 0 Å². The molecule has 0 bridgehead atoms. The monoisotopic (exact) mass is 573 g/mol. The lowest BCUT2D eigenvalue weighted by Gasteiger charge is -2.22. The van der Waals surface area contributed by atoms with Crippen LogP contribution in [0.2, 0.25) is 0 Å². The second kappa shape index (κ2) is 13.3. The van der Waals surface area contributed by atoms with Crippen molar-refractivity contribution in [1.82, 2.24) is 20.1 Å². The predicted molar refractivity (Wildman–Crippen MR) is 141 cm³/mol. The van der Waals surface area contributed by atoms with Crippen molar-refractivity contribution in [3.63, 3.8) is 0 Å². The number of amides is 2. The van der Waals surface area contributed by atoms with Gasteiger partial charge in [-0.25, -0.2) is 22.0 Å². The summed E-state index contributed by atoms with van der Waals surface area (Å²) in [5.41, 5.74) is 6.68. The van der Waals surface area contributed by atoms with E-state index in [9.17, 15) is 31.5 Å². The van der Waals surface area contributed by atoms with Crippen LogP contribution in [0.3, 0.4) is 0 Å². The van der Waals surface area contributed by atoms with Crippen LogP contribution in [-0.2, 0) is 22.6 Å². The second-order valence-corrected chi connectivity index (χ2v) is 9.65. The lowest BCUT2D eigenvalue weighted by molar-refractivity contribution is -0.122. The number of hydrogen-bond acceptors (Lipinski definition) is 4. The molecule has 216 valence electrons. The zero-order chi connectivity index (χ0) is 29.5. The number of hydrogen-bond donors (Lipinski definition) is 2. The Labute approximate surface area is 233 Å². The normalized spacial score (nSPS) is 14.5. The Hall–Kier alpha value is -4.35. The molecule has 3 aromatic rings. The van der Waals surface area contributed by atoms with Gasteiger partial charge in [0.1, 0.15) is 30.5 Å². The topological polar surface area (TPSA) is 103 Å². The fraction of sp³-hybridized carbons (Fsp3) is 0.310. The Kier molecular flexibility index (Phi) is 9.64. The number of halogens is 5. The van der Waals surface area contributed by atoms with Gasteiger partial charge in [0.25, 0.3) is 6.43 Å². The summed E-state index contributed by atoms with van der Waals surface area (Å²) in [7, 11) is 0. The van der Waals surface area contributed by atoms with Crippen LogP contribution in [0.5, 0.6) is 0 Å². The maximum Gasteiger partial charge on any atom is 0.282 e. The van der Waals surface area contributed by atoms with E-state index in [1.165, 1.54) is 35.2 Å². The third kappa shape index (κ3) is 8.09. The molecule has 41 heavy (non-hydrogen) atoms. The minimum absolute atomic E-state index is 0.0384. The number of primary amides is 1. The van der Waals surface area contributed by atoms with E-state index in [0.29, 0.717) is 22.9 Å². The SMILES string of the molecule is NC(=O)C/C=C(\C=C/CF)c1cccnc1[C@H](Cc1cc(F)cc(F)c1)NC(=O)Cn1nc(C(F)F)cc1C1CC1. The zero-order valence-corrected chi connectivity index (χ0v) is 21.9. The highest BCUT2D eigenvalue weighted by atomic mass is 19.3. The predicted octanol–water partition coefficient (Wildman–Crippen LogP) is 5.26. The van der Waals surface area contributed by atoms with E-state index in [1.54, 1.807) is 12.1 Å². The molecule has 1 atom stereocenters. The molecular formula is C29H28F5N5O2. The molecule has 7 nitrogen and oxygen atoms in total. The quantitative estimate of drug-likeness (QED) is 0.215. The van der Waals surface area contributed by atoms with Crippen molar-refractivity contribution in [2.24, 2.45) is 5.73 Å². The Morgan fingerprint density at radius 1 is 1.15 bits per heavy atom. The van der Waals surface area contributed by atoms with Gasteiger partial charge in [0.05, 0.1) is 11.7 Å². The number of allylic oxidation sites excluding steroid dienone is 3. The van der Waals surface area contributed by atoms with Gasteiger partial charge in [-0.2, -0.15) is 5.10 Å². The van der Waals surface area contributed by atoms with Crippen molar-refractivity contribution >= 4 is 17.4 Å². The zero-order valence-electron chi connectivity index (χ0n) is 21.9. The van der Waals surface area contributed by atoms with E-state index in [4.69, 9.17) is 5.73 Å². The van der Waals surface area contributed by atoms with Crippen LogP contribution < -0.4 is 11.1 Å². The summed E-state index contributed by atoms with van der Waals surface area (Å²) in [6.45, 7) is -1.17. The van der Waals surface area contributed by atoms with E-state index in [2.05, 4.69) is 15.4 Å². The van der Waals surface area contributed by atoms with Gasteiger partial charge in [0.2, 0.25) is 11.8 Å². The van der Waals surface area contributed by atoms with Crippen molar-refractivity contribution in [3.05, 3.63) is 101 Å². The van der Waals surface area contributed by atoms with Crippen LogP contribution in [0.25, 0.3) is 5.57 Å². The van der Waals surface area contributed by atoms with E-state index in [-0.39, 0.29) is 36.6 Å². The van der Waals surface area contributed by atoms with Gasteiger partial charge in [-0.05, 0) is 54.7 Å². The summed E-state index contributed by atoms with van der Waals surface area (Å²) < 4.78 is 69.0. The lowest BCUT2D eigenvalue weighted by atomic mass is 9.94. The van der Waals surface area contributed by atoms with Crippen molar-refractivity contribution in [2.75, 3.05) is 6.67 Å². The number of pyridine rings is 1. The number of aromatic nitrogens is 3.